The molecule has 20 heavy (non-hydrogen) atoms. The van der Waals surface area contributed by atoms with Crippen molar-refractivity contribution in [2.45, 2.75) is 18.7 Å². The first-order valence-electron chi connectivity index (χ1n) is 6.32. The molecular weight excluding hydrogens is 276 g/mol. The molecule has 1 rings (SSSR count). The molecule has 0 spiro atoms. The fourth-order valence-electron chi connectivity index (χ4n) is 2.13. The Hall–Kier alpha value is -1.31. The monoisotopic (exact) mass is 300 g/mol. The van der Waals surface area contributed by atoms with E-state index in [1.165, 1.54) is 12.1 Å². The van der Waals surface area contributed by atoms with Crippen molar-refractivity contribution in [3.8, 4) is 0 Å². The van der Waals surface area contributed by atoms with Gasteiger partial charge in [-0.1, -0.05) is 13.8 Å². The summed E-state index contributed by atoms with van der Waals surface area (Å²) in [4.78, 5) is 2.14. The van der Waals surface area contributed by atoms with Gasteiger partial charge in [0, 0.05) is 13.1 Å². The van der Waals surface area contributed by atoms with E-state index in [0.717, 1.165) is 13.1 Å². The van der Waals surface area contributed by atoms with E-state index in [-0.39, 0.29) is 10.3 Å². The number of nitrogens with two attached hydrogens (primary N) is 2. The molecule has 1 aromatic rings. The van der Waals surface area contributed by atoms with Crippen molar-refractivity contribution in [1.82, 2.24) is 4.90 Å². The number of sulfonamides is 1. The maximum absolute atomic E-state index is 11.2. The van der Waals surface area contributed by atoms with Gasteiger partial charge in [0.2, 0.25) is 10.0 Å². The Kier molecular flexibility index (Phi) is 5.01. The fourth-order valence-corrected chi connectivity index (χ4v) is 2.67. The Morgan fingerprint density at radius 1 is 1.30 bits per heavy atom. The molecule has 0 fully saturated rings. The van der Waals surface area contributed by atoms with Crippen molar-refractivity contribution >= 4 is 21.4 Å². The normalized spacial score (nSPS) is 12.7. The molecule has 114 valence electrons. The molecule has 0 bridgehead atoms. The summed E-state index contributed by atoms with van der Waals surface area (Å²) in [5.74, 6) is 0. The molecule has 0 aliphatic carbocycles. The van der Waals surface area contributed by atoms with Crippen molar-refractivity contribution in [3.63, 3.8) is 0 Å². The Morgan fingerprint density at radius 3 is 2.35 bits per heavy atom. The third-order valence-electron chi connectivity index (χ3n) is 2.85. The topological polar surface area (TPSA) is 101 Å². The maximum atomic E-state index is 11.2. The predicted octanol–water partition coefficient (Wildman–Crippen LogP) is 0.916. The molecule has 6 nitrogen and oxygen atoms in total. The molecule has 7 heteroatoms. The number of hydrogen-bond acceptors (Lipinski definition) is 5. The number of anilines is 2. The van der Waals surface area contributed by atoms with Crippen molar-refractivity contribution in [3.05, 3.63) is 18.2 Å². The molecule has 0 aliphatic rings. The zero-order chi connectivity index (χ0) is 15.6. The standard InChI is InChI=1S/C13H24N4O2S/c1-13(2,9-17(3)4)8-16-12-6-5-10(7-11(12)14)20(15,18)19/h5-7,16H,8-9,14H2,1-4H3,(H2,15,18,19). The lowest BCUT2D eigenvalue weighted by Crippen LogP contribution is -2.34. The first-order valence-corrected chi connectivity index (χ1v) is 7.87. The van der Waals surface area contributed by atoms with Crippen molar-refractivity contribution in [2.75, 3.05) is 38.2 Å². The van der Waals surface area contributed by atoms with Gasteiger partial charge in [0.05, 0.1) is 16.3 Å². The molecule has 0 saturated carbocycles. The number of primary sulfonamides is 1. The minimum atomic E-state index is -3.72. The highest BCUT2D eigenvalue weighted by molar-refractivity contribution is 7.89. The van der Waals surface area contributed by atoms with E-state index in [9.17, 15) is 8.42 Å². The summed E-state index contributed by atoms with van der Waals surface area (Å²) in [6.45, 7) is 5.95. The van der Waals surface area contributed by atoms with Gasteiger partial charge in [-0.15, -0.1) is 0 Å². The van der Waals surface area contributed by atoms with Gasteiger partial charge in [0.15, 0.2) is 0 Å². The van der Waals surface area contributed by atoms with E-state index in [1.54, 1.807) is 6.07 Å². The Bertz CT molecular complexity index is 568. The second-order valence-electron chi connectivity index (χ2n) is 6.05. The van der Waals surface area contributed by atoms with Crippen molar-refractivity contribution in [2.24, 2.45) is 10.6 Å². The molecule has 0 atom stereocenters. The van der Waals surface area contributed by atoms with Gasteiger partial charge < -0.3 is 16.0 Å². The number of hydrogen-bond donors (Lipinski definition) is 3. The zero-order valence-electron chi connectivity index (χ0n) is 12.5. The number of benzene rings is 1. The molecular formula is C13H24N4O2S. The fraction of sp³-hybridized carbons (Fsp3) is 0.538. The van der Waals surface area contributed by atoms with Crippen LogP contribution in [0.25, 0.3) is 0 Å². The van der Waals surface area contributed by atoms with Crippen molar-refractivity contribution in [1.29, 1.82) is 0 Å². The van der Waals surface area contributed by atoms with Crippen LogP contribution in [0.1, 0.15) is 13.8 Å². The first-order chi connectivity index (χ1) is 9.01. The van der Waals surface area contributed by atoms with Crippen LogP contribution < -0.4 is 16.2 Å². The van der Waals surface area contributed by atoms with Crippen molar-refractivity contribution < 1.29 is 8.42 Å². The van der Waals surface area contributed by atoms with Gasteiger partial charge >= 0.3 is 0 Å². The molecule has 5 N–H and O–H groups in total. The molecule has 0 aromatic heterocycles. The van der Waals surface area contributed by atoms with Crippen LogP contribution in [0.15, 0.2) is 23.1 Å². The van der Waals surface area contributed by atoms with Crippen LogP contribution in [0.2, 0.25) is 0 Å². The number of nitrogen functional groups attached to an aromatic ring is 1. The summed E-state index contributed by atoms with van der Waals surface area (Å²) in [5, 5.41) is 8.31. The van der Waals surface area contributed by atoms with Gasteiger partial charge in [-0.25, -0.2) is 13.6 Å². The summed E-state index contributed by atoms with van der Waals surface area (Å²) >= 11 is 0. The van der Waals surface area contributed by atoms with E-state index < -0.39 is 10.0 Å². The largest absolute Gasteiger partial charge is 0.397 e. The molecule has 0 heterocycles. The second-order valence-corrected chi connectivity index (χ2v) is 7.61. The molecule has 0 saturated heterocycles. The highest BCUT2D eigenvalue weighted by Gasteiger charge is 2.19. The van der Waals surface area contributed by atoms with Crippen LogP contribution >= 0.6 is 0 Å². The summed E-state index contributed by atoms with van der Waals surface area (Å²) in [6, 6.07) is 4.46. The third kappa shape index (κ3) is 4.99. The quantitative estimate of drug-likeness (QED) is 0.678. The Morgan fingerprint density at radius 2 is 1.90 bits per heavy atom. The summed E-state index contributed by atoms with van der Waals surface area (Å²) in [5.41, 5.74) is 7.00. The molecule has 0 amide bonds. The second kappa shape index (κ2) is 5.99. The summed E-state index contributed by atoms with van der Waals surface area (Å²) in [7, 11) is 0.334. The first kappa shape index (κ1) is 16.7. The smallest absolute Gasteiger partial charge is 0.238 e. The minimum absolute atomic E-state index is 0.0214. The van der Waals surface area contributed by atoms with E-state index in [2.05, 4.69) is 24.1 Å². The number of rotatable bonds is 6. The van der Waals surface area contributed by atoms with E-state index in [0.29, 0.717) is 11.4 Å². The number of nitrogens with one attached hydrogen (secondary N) is 1. The van der Waals surface area contributed by atoms with Gasteiger partial charge in [-0.05, 0) is 37.7 Å². The molecule has 0 unspecified atom stereocenters. The van der Waals surface area contributed by atoms with E-state index >= 15 is 0 Å². The molecule has 0 radical (unpaired) electrons. The van der Waals surface area contributed by atoms with Crippen LogP contribution in [0.5, 0.6) is 0 Å². The molecule has 1 aromatic carbocycles. The van der Waals surface area contributed by atoms with Crippen LogP contribution in [0, 0.1) is 5.41 Å². The lowest BCUT2D eigenvalue weighted by Gasteiger charge is -2.29. The third-order valence-corrected chi connectivity index (χ3v) is 3.76. The van der Waals surface area contributed by atoms with Crippen LogP contribution in [0.4, 0.5) is 11.4 Å². The van der Waals surface area contributed by atoms with Gasteiger partial charge in [-0.2, -0.15) is 0 Å². The SMILES string of the molecule is CN(C)CC(C)(C)CNc1ccc(S(N)(=O)=O)cc1N. The van der Waals surface area contributed by atoms with Crippen LogP contribution in [-0.2, 0) is 10.0 Å². The van der Waals surface area contributed by atoms with Crippen LogP contribution in [0.3, 0.4) is 0 Å². The zero-order valence-corrected chi connectivity index (χ0v) is 13.3. The van der Waals surface area contributed by atoms with Gasteiger partial charge in [0.1, 0.15) is 0 Å². The van der Waals surface area contributed by atoms with E-state index in [1.807, 2.05) is 14.1 Å². The predicted molar refractivity (Wildman–Crippen MR) is 83.1 cm³/mol. The maximum Gasteiger partial charge on any atom is 0.238 e. The van der Waals surface area contributed by atoms with Gasteiger partial charge in [0.25, 0.3) is 0 Å². The van der Waals surface area contributed by atoms with E-state index in [4.69, 9.17) is 10.9 Å². The molecule has 0 aliphatic heterocycles. The Labute approximate surface area is 121 Å². The minimum Gasteiger partial charge on any atom is -0.397 e. The Balaban J connectivity index is 2.80. The lowest BCUT2D eigenvalue weighted by molar-refractivity contribution is 0.254. The summed E-state index contributed by atoms with van der Waals surface area (Å²) in [6.07, 6.45) is 0. The van der Waals surface area contributed by atoms with Crippen LogP contribution in [-0.4, -0.2) is 40.5 Å². The average Bonchev–Trinajstić information content (AvgIpc) is 2.24. The lowest BCUT2D eigenvalue weighted by atomic mass is 9.93. The highest BCUT2D eigenvalue weighted by Crippen LogP contribution is 2.24. The summed E-state index contributed by atoms with van der Waals surface area (Å²) < 4.78 is 22.5. The average molecular weight is 300 g/mol. The number of nitrogens with zero attached hydrogens (tertiary/aromatic N) is 1. The highest BCUT2D eigenvalue weighted by atomic mass is 32.2. The van der Waals surface area contributed by atoms with Gasteiger partial charge in [-0.3, -0.25) is 0 Å².